The molecule has 1 aromatic carbocycles. The molecule has 2 rings (SSSR count). The first kappa shape index (κ1) is 12.8. The lowest BCUT2D eigenvalue weighted by atomic mass is 10.2. The highest BCUT2D eigenvalue weighted by molar-refractivity contribution is 5.91. The molecule has 96 valence electrons. The van der Waals surface area contributed by atoms with E-state index in [0.717, 1.165) is 6.07 Å². The van der Waals surface area contributed by atoms with Gasteiger partial charge >= 0.3 is 0 Å². The van der Waals surface area contributed by atoms with Gasteiger partial charge in [0.2, 0.25) is 0 Å². The Hall–Kier alpha value is -2.68. The molecule has 0 fully saturated rings. The molecule has 1 amide bonds. The van der Waals surface area contributed by atoms with E-state index in [1.807, 2.05) is 6.07 Å². The Bertz CT molecular complexity index is 670. The number of amides is 1. The van der Waals surface area contributed by atoms with E-state index in [4.69, 9.17) is 5.26 Å². The second-order valence-electron chi connectivity index (χ2n) is 4.12. The lowest BCUT2D eigenvalue weighted by Gasteiger charge is -2.07. The summed E-state index contributed by atoms with van der Waals surface area (Å²) < 4.78 is 15.1. The van der Waals surface area contributed by atoms with Crippen LogP contribution in [0.2, 0.25) is 0 Å². The number of hydrogen-bond acceptors (Lipinski definition) is 3. The second kappa shape index (κ2) is 4.90. The first-order valence-electron chi connectivity index (χ1n) is 5.50. The van der Waals surface area contributed by atoms with Crippen molar-refractivity contribution >= 4 is 5.91 Å². The van der Waals surface area contributed by atoms with Crippen LogP contribution in [0.4, 0.5) is 4.39 Å². The molecule has 6 heteroatoms. The van der Waals surface area contributed by atoms with Crippen LogP contribution in [0.1, 0.15) is 16.1 Å². The van der Waals surface area contributed by atoms with E-state index >= 15 is 0 Å². The van der Waals surface area contributed by atoms with Gasteiger partial charge in [0.1, 0.15) is 11.5 Å². The Labute approximate surface area is 109 Å². The van der Waals surface area contributed by atoms with E-state index in [0.29, 0.717) is 0 Å². The molecule has 0 radical (unpaired) electrons. The summed E-state index contributed by atoms with van der Waals surface area (Å²) >= 11 is 0. The number of carbonyl (C=O) groups is 1. The largest absolute Gasteiger partial charge is 0.343 e. The Morgan fingerprint density at radius 3 is 2.74 bits per heavy atom. The first-order valence-corrected chi connectivity index (χ1v) is 5.50. The zero-order valence-electron chi connectivity index (χ0n) is 10.5. The molecule has 0 unspecified atom stereocenters. The van der Waals surface area contributed by atoms with Crippen molar-refractivity contribution in [2.75, 3.05) is 14.1 Å². The molecule has 5 nitrogen and oxygen atoms in total. The highest BCUT2D eigenvalue weighted by atomic mass is 19.1. The quantitative estimate of drug-likeness (QED) is 0.821. The van der Waals surface area contributed by atoms with Crippen molar-refractivity contribution in [3.63, 3.8) is 0 Å². The van der Waals surface area contributed by atoms with E-state index in [-0.39, 0.29) is 22.9 Å². The number of hydrogen-bond donors (Lipinski definition) is 0. The lowest BCUT2D eigenvalue weighted by Crippen LogP contribution is -2.22. The fraction of sp³-hybridized carbons (Fsp3) is 0.154. The van der Waals surface area contributed by atoms with Crippen molar-refractivity contribution in [3.05, 3.63) is 47.5 Å². The number of nitriles is 1. The van der Waals surface area contributed by atoms with Crippen LogP contribution in [0.5, 0.6) is 0 Å². The number of aromatic nitrogens is 2. The summed E-state index contributed by atoms with van der Waals surface area (Å²) in [6.45, 7) is 0. The average molecular weight is 258 g/mol. The summed E-state index contributed by atoms with van der Waals surface area (Å²) in [5.41, 5.74) is 0.656. The van der Waals surface area contributed by atoms with Crippen molar-refractivity contribution in [1.29, 1.82) is 5.26 Å². The number of rotatable bonds is 2. The second-order valence-corrected chi connectivity index (χ2v) is 4.12. The molecule has 0 bridgehead atoms. The highest BCUT2D eigenvalue weighted by Gasteiger charge is 2.13. The third-order valence-electron chi connectivity index (χ3n) is 2.54. The fourth-order valence-electron chi connectivity index (χ4n) is 1.56. The van der Waals surface area contributed by atoms with Crippen LogP contribution in [-0.2, 0) is 0 Å². The molecule has 2 aromatic rings. The molecular weight excluding hydrogens is 247 g/mol. The molecule has 0 aliphatic rings. The SMILES string of the molecule is CN(C)C(=O)c1ccn(-c2ccc(C#N)cc2F)n1. The maximum absolute atomic E-state index is 13.8. The van der Waals surface area contributed by atoms with Crippen LogP contribution >= 0.6 is 0 Å². The molecule has 0 spiro atoms. The zero-order chi connectivity index (χ0) is 14.0. The Balaban J connectivity index is 2.39. The summed E-state index contributed by atoms with van der Waals surface area (Å²) in [4.78, 5) is 13.1. The molecule has 0 saturated heterocycles. The molecule has 0 N–H and O–H groups in total. The molecule has 0 aliphatic heterocycles. The predicted octanol–water partition coefficient (Wildman–Crippen LogP) is 1.58. The van der Waals surface area contributed by atoms with Gasteiger partial charge in [-0.3, -0.25) is 4.79 Å². The van der Waals surface area contributed by atoms with E-state index in [1.165, 1.54) is 34.0 Å². The first-order chi connectivity index (χ1) is 9.02. The fourth-order valence-corrected chi connectivity index (χ4v) is 1.56. The van der Waals surface area contributed by atoms with E-state index < -0.39 is 5.82 Å². The van der Waals surface area contributed by atoms with Gasteiger partial charge < -0.3 is 4.90 Å². The number of carbonyl (C=O) groups excluding carboxylic acids is 1. The minimum absolute atomic E-state index is 0.191. The summed E-state index contributed by atoms with van der Waals surface area (Å²) in [7, 11) is 3.23. The van der Waals surface area contributed by atoms with Crippen LogP contribution in [0.15, 0.2) is 30.5 Å². The monoisotopic (exact) mass is 258 g/mol. The Morgan fingerprint density at radius 2 is 2.16 bits per heavy atom. The van der Waals surface area contributed by atoms with Crippen LogP contribution in [0.3, 0.4) is 0 Å². The summed E-state index contributed by atoms with van der Waals surface area (Å²) in [6, 6.07) is 7.44. The van der Waals surface area contributed by atoms with Gasteiger partial charge in [0.05, 0.1) is 11.6 Å². The Kier molecular flexibility index (Phi) is 3.29. The van der Waals surface area contributed by atoms with Crippen LogP contribution in [0.25, 0.3) is 5.69 Å². The lowest BCUT2D eigenvalue weighted by molar-refractivity contribution is 0.0821. The van der Waals surface area contributed by atoms with E-state index in [2.05, 4.69) is 5.10 Å². The highest BCUT2D eigenvalue weighted by Crippen LogP contribution is 2.15. The topological polar surface area (TPSA) is 61.9 Å². The maximum atomic E-state index is 13.8. The molecular formula is C13H11FN4O. The van der Waals surface area contributed by atoms with Gasteiger partial charge in [0, 0.05) is 20.3 Å². The maximum Gasteiger partial charge on any atom is 0.273 e. The van der Waals surface area contributed by atoms with Gasteiger partial charge in [-0.1, -0.05) is 0 Å². The molecule has 0 saturated carbocycles. The molecule has 19 heavy (non-hydrogen) atoms. The van der Waals surface area contributed by atoms with Crippen molar-refractivity contribution in [2.45, 2.75) is 0 Å². The van der Waals surface area contributed by atoms with Gasteiger partial charge in [0.15, 0.2) is 5.69 Å². The normalized spacial score (nSPS) is 10.0. The van der Waals surface area contributed by atoms with Crippen molar-refractivity contribution in [1.82, 2.24) is 14.7 Å². The van der Waals surface area contributed by atoms with Gasteiger partial charge in [-0.2, -0.15) is 10.4 Å². The zero-order valence-corrected chi connectivity index (χ0v) is 10.5. The molecule has 1 heterocycles. The van der Waals surface area contributed by atoms with Gasteiger partial charge in [0.25, 0.3) is 5.91 Å². The van der Waals surface area contributed by atoms with Crippen molar-refractivity contribution in [2.24, 2.45) is 0 Å². The van der Waals surface area contributed by atoms with Crippen LogP contribution in [0, 0.1) is 17.1 Å². The average Bonchev–Trinajstić information content (AvgIpc) is 2.86. The summed E-state index contributed by atoms with van der Waals surface area (Å²) in [5.74, 6) is -0.821. The standard InChI is InChI=1S/C13H11FN4O/c1-17(2)13(19)11-5-6-18(16-11)12-4-3-9(8-15)7-10(12)14/h3-7H,1-2H3. The van der Waals surface area contributed by atoms with Crippen LogP contribution in [-0.4, -0.2) is 34.7 Å². The van der Waals surface area contributed by atoms with Gasteiger partial charge in [-0.25, -0.2) is 9.07 Å². The predicted molar refractivity (Wildman–Crippen MR) is 66.3 cm³/mol. The van der Waals surface area contributed by atoms with Gasteiger partial charge in [-0.15, -0.1) is 0 Å². The molecule has 0 atom stereocenters. The smallest absolute Gasteiger partial charge is 0.273 e. The summed E-state index contributed by atoms with van der Waals surface area (Å²) in [5, 5.41) is 12.7. The van der Waals surface area contributed by atoms with E-state index in [1.54, 1.807) is 14.1 Å². The third kappa shape index (κ3) is 2.45. The number of benzene rings is 1. The minimum Gasteiger partial charge on any atom is -0.343 e. The van der Waals surface area contributed by atoms with Crippen molar-refractivity contribution in [3.8, 4) is 11.8 Å². The number of halogens is 1. The van der Waals surface area contributed by atoms with Crippen LogP contribution < -0.4 is 0 Å². The molecule has 1 aromatic heterocycles. The van der Waals surface area contributed by atoms with Gasteiger partial charge in [-0.05, 0) is 24.3 Å². The Morgan fingerprint density at radius 1 is 1.42 bits per heavy atom. The molecule has 0 aliphatic carbocycles. The minimum atomic E-state index is -0.564. The number of nitrogens with zero attached hydrogens (tertiary/aromatic N) is 4. The third-order valence-corrected chi connectivity index (χ3v) is 2.54. The summed E-state index contributed by atoms with van der Waals surface area (Å²) in [6.07, 6.45) is 1.50. The van der Waals surface area contributed by atoms with Crippen molar-refractivity contribution < 1.29 is 9.18 Å². The van der Waals surface area contributed by atoms with E-state index in [9.17, 15) is 9.18 Å².